The second-order valence-electron chi connectivity index (χ2n) is 5.22. The molecular formula is C17H15BrN4O2S. The van der Waals surface area contributed by atoms with E-state index in [1.54, 1.807) is 11.7 Å². The topological polar surface area (TPSA) is 71.9 Å². The van der Waals surface area contributed by atoms with Gasteiger partial charge in [-0.25, -0.2) is 0 Å². The number of hydrogen-bond acceptors (Lipinski definition) is 4. The van der Waals surface area contributed by atoms with E-state index in [1.807, 2.05) is 48.5 Å². The van der Waals surface area contributed by atoms with Gasteiger partial charge in [-0.05, 0) is 60.7 Å². The van der Waals surface area contributed by atoms with E-state index in [0.717, 1.165) is 15.8 Å². The van der Waals surface area contributed by atoms with Crippen molar-refractivity contribution in [2.75, 3.05) is 12.4 Å². The van der Waals surface area contributed by atoms with Gasteiger partial charge in [0.2, 0.25) is 5.91 Å². The molecule has 128 valence electrons. The number of anilines is 1. The summed E-state index contributed by atoms with van der Waals surface area (Å²) in [5.41, 5.74) is 1.55. The van der Waals surface area contributed by atoms with Crippen molar-refractivity contribution in [1.29, 1.82) is 0 Å². The molecule has 0 unspecified atom stereocenters. The van der Waals surface area contributed by atoms with Crippen LogP contribution in [0, 0.1) is 4.77 Å². The molecule has 2 aromatic carbocycles. The Labute approximate surface area is 158 Å². The number of rotatable bonds is 5. The number of hydrogen-bond donors (Lipinski definition) is 2. The van der Waals surface area contributed by atoms with E-state index >= 15 is 0 Å². The molecule has 3 rings (SSSR count). The maximum atomic E-state index is 12.3. The van der Waals surface area contributed by atoms with Crippen LogP contribution in [0.15, 0.2) is 53.0 Å². The summed E-state index contributed by atoms with van der Waals surface area (Å²) < 4.78 is 8.15. The predicted octanol–water partition coefficient (Wildman–Crippen LogP) is 4.02. The van der Waals surface area contributed by atoms with Crippen LogP contribution in [0.5, 0.6) is 5.75 Å². The molecule has 1 aromatic heterocycles. The van der Waals surface area contributed by atoms with Crippen molar-refractivity contribution < 1.29 is 9.53 Å². The maximum Gasteiger partial charge on any atom is 0.244 e. The molecule has 25 heavy (non-hydrogen) atoms. The van der Waals surface area contributed by atoms with Crippen molar-refractivity contribution in [2.45, 2.75) is 6.54 Å². The highest BCUT2D eigenvalue weighted by Crippen LogP contribution is 2.21. The lowest BCUT2D eigenvalue weighted by Crippen LogP contribution is -2.19. The molecular weight excluding hydrogens is 404 g/mol. The summed E-state index contributed by atoms with van der Waals surface area (Å²) >= 11 is 8.62. The van der Waals surface area contributed by atoms with Crippen LogP contribution in [0.2, 0.25) is 0 Å². The lowest BCUT2D eigenvalue weighted by atomic mass is 10.2. The summed E-state index contributed by atoms with van der Waals surface area (Å²) in [5.74, 6) is 1.16. The number of aromatic amines is 1. The second-order valence-corrected chi connectivity index (χ2v) is 6.52. The standard InChI is InChI=1S/C17H15BrN4O2S/c1-24-14-8-2-11(3-9-14)16-20-21-17(25)22(16)10-15(23)19-13-6-4-12(18)5-7-13/h2-9H,10H2,1H3,(H,19,23)(H,21,25). The summed E-state index contributed by atoms with van der Waals surface area (Å²) in [6.45, 7) is 0.0623. The van der Waals surface area contributed by atoms with E-state index in [-0.39, 0.29) is 12.5 Å². The quantitative estimate of drug-likeness (QED) is 0.613. The number of amides is 1. The molecule has 0 saturated heterocycles. The number of carbonyl (C=O) groups excluding carboxylic acids is 1. The molecule has 3 aromatic rings. The van der Waals surface area contributed by atoms with Gasteiger partial charge in [-0.3, -0.25) is 14.5 Å². The zero-order valence-electron chi connectivity index (χ0n) is 13.3. The Bertz CT molecular complexity index is 933. The van der Waals surface area contributed by atoms with Gasteiger partial charge in [0.1, 0.15) is 12.3 Å². The summed E-state index contributed by atoms with van der Waals surface area (Å²) in [6, 6.07) is 14.8. The third-order valence-electron chi connectivity index (χ3n) is 3.54. The van der Waals surface area contributed by atoms with E-state index in [0.29, 0.717) is 16.3 Å². The van der Waals surface area contributed by atoms with E-state index in [1.165, 1.54) is 0 Å². The summed E-state index contributed by atoms with van der Waals surface area (Å²) in [7, 11) is 1.61. The molecule has 2 N–H and O–H groups in total. The molecule has 0 spiro atoms. The van der Waals surface area contributed by atoms with Gasteiger partial charge >= 0.3 is 0 Å². The minimum atomic E-state index is -0.186. The molecule has 6 nitrogen and oxygen atoms in total. The third kappa shape index (κ3) is 4.15. The molecule has 0 radical (unpaired) electrons. The van der Waals surface area contributed by atoms with Crippen LogP contribution in [-0.2, 0) is 11.3 Å². The fourth-order valence-electron chi connectivity index (χ4n) is 2.30. The fraction of sp³-hybridized carbons (Fsp3) is 0.118. The number of benzene rings is 2. The van der Waals surface area contributed by atoms with Crippen molar-refractivity contribution in [1.82, 2.24) is 14.8 Å². The zero-order chi connectivity index (χ0) is 17.8. The highest BCUT2D eigenvalue weighted by atomic mass is 79.9. The Kier molecular flexibility index (Phi) is 5.30. The zero-order valence-corrected chi connectivity index (χ0v) is 15.7. The average molecular weight is 419 g/mol. The van der Waals surface area contributed by atoms with Crippen molar-refractivity contribution in [3.8, 4) is 17.1 Å². The van der Waals surface area contributed by atoms with E-state index in [9.17, 15) is 4.79 Å². The van der Waals surface area contributed by atoms with Gasteiger partial charge in [0.05, 0.1) is 7.11 Å². The number of aromatic nitrogens is 3. The molecule has 0 saturated carbocycles. The molecule has 0 fully saturated rings. The van der Waals surface area contributed by atoms with Gasteiger partial charge in [-0.15, -0.1) is 0 Å². The van der Waals surface area contributed by atoms with Gasteiger partial charge in [-0.2, -0.15) is 5.10 Å². The van der Waals surface area contributed by atoms with Gasteiger partial charge in [0, 0.05) is 15.7 Å². The van der Waals surface area contributed by atoms with Gasteiger partial charge in [-0.1, -0.05) is 15.9 Å². The van der Waals surface area contributed by atoms with Gasteiger partial charge < -0.3 is 10.1 Å². The lowest BCUT2D eigenvalue weighted by Gasteiger charge is -2.09. The highest BCUT2D eigenvalue weighted by molar-refractivity contribution is 9.10. The normalized spacial score (nSPS) is 10.5. The molecule has 1 heterocycles. The smallest absolute Gasteiger partial charge is 0.244 e. The van der Waals surface area contributed by atoms with E-state index in [4.69, 9.17) is 17.0 Å². The van der Waals surface area contributed by atoms with Crippen molar-refractivity contribution in [2.24, 2.45) is 0 Å². The second kappa shape index (κ2) is 7.62. The van der Waals surface area contributed by atoms with Crippen LogP contribution in [-0.4, -0.2) is 27.8 Å². The van der Waals surface area contributed by atoms with Crippen molar-refractivity contribution in [3.05, 3.63) is 57.8 Å². The minimum absolute atomic E-state index is 0.0623. The predicted molar refractivity (Wildman–Crippen MR) is 102 cm³/mol. The van der Waals surface area contributed by atoms with Crippen LogP contribution >= 0.6 is 28.1 Å². The summed E-state index contributed by atoms with van der Waals surface area (Å²) in [5, 5.41) is 9.81. The summed E-state index contributed by atoms with van der Waals surface area (Å²) in [6.07, 6.45) is 0. The molecule has 1 amide bonds. The first kappa shape index (κ1) is 17.4. The number of H-pyrrole nitrogens is 1. The lowest BCUT2D eigenvalue weighted by molar-refractivity contribution is -0.116. The SMILES string of the molecule is COc1ccc(-c2n[nH]c(=S)n2CC(=O)Nc2ccc(Br)cc2)cc1. The van der Waals surface area contributed by atoms with E-state index < -0.39 is 0 Å². The Balaban J connectivity index is 1.80. The molecule has 0 bridgehead atoms. The van der Waals surface area contributed by atoms with Crippen LogP contribution in [0.4, 0.5) is 5.69 Å². The largest absolute Gasteiger partial charge is 0.497 e. The number of carbonyl (C=O) groups is 1. The van der Waals surface area contributed by atoms with Crippen LogP contribution < -0.4 is 10.1 Å². The number of methoxy groups -OCH3 is 1. The highest BCUT2D eigenvalue weighted by Gasteiger charge is 2.12. The Morgan fingerprint density at radius 2 is 1.92 bits per heavy atom. The van der Waals surface area contributed by atoms with E-state index in [2.05, 4.69) is 31.4 Å². The van der Waals surface area contributed by atoms with Crippen molar-refractivity contribution >= 4 is 39.7 Å². The average Bonchev–Trinajstić information content (AvgIpc) is 2.98. The monoisotopic (exact) mass is 418 g/mol. The third-order valence-corrected chi connectivity index (χ3v) is 4.38. The molecule has 0 aliphatic heterocycles. The number of nitrogens with zero attached hydrogens (tertiary/aromatic N) is 2. The molecule has 0 aliphatic carbocycles. The number of halogens is 1. The Morgan fingerprint density at radius 3 is 2.56 bits per heavy atom. The van der Waals surface area contributed by atoms with Crippen molar-refractivity contribution in [3.63, 3.8) is 0 Å². The molecule has 8 heteroatoms. The number of ether oxygens (including phenoxy) is 1. The van der Waals surface area contributed by atoms with Gasteiger partial charge in [0.15, 0.2) is 10.6 Å². The molecule has 0 atom stereocenters. The Hall–Kier alpha value is -2.45. The minimum Gasteiger partial charge on any atom is -0.497 e. The van der Waals surface area contributed by atoms with Gasteiger partial charge in [0.25, 0.3) is 0 Å². The molecule has 0 aliphatic rings. The first-order valence-electron chi connectivity index (χ1n) is 7.42. The van der Waals surface area contributed by atoms with Crippen LogP contribution in [0.1, 0.15) is 0 Å². The maximum absolute atomic E-state index is 12.3. The van der Waals surface area contributed by atoms with Crippen LogP contribution in [0.25, 0.3) is 11.4 Å². The number of nitrogens with one attached hydrogen (secondary N) is 2. The Morgan fingerprint density at radius 1 is 1.24 bits per heavy atom. The summed E-state index contributed by atoms with van der Waals surface area (Å²) in [4.78, 5) is 12.3. The fourth-order valence-corrected chi connectivity index (χ4v) is 2.76. The van der Waals surface area contributed by atoms with Crippen LogP contribution in [0.3, 0.4) is 0 Å². The first-order valence-corrected chi connectivity index (χ1v) is 8.62. The first-order chi connectivity index (χ1) is 12.1.